The van der Waals surface area contributed by atoms with Crippen LogP contribution in [0.4, 0.5) is 15.8 Å². The van der Waals surface area contributed by atoms with Gasteiger partial charge in [0.15, 0.2) is 0 Å². The molecule has 0 aliphatic heterocycles. The average molecular weight is 251 g/mol. The van der Waals surface area contributed by atoms with Crippen molar-refractivity contribution < 1.29 is 4.39 Å². The van der Waals surface area contributed by atoms with Gasteiger partial charge in [-0.2, -0.15) is 0 Å². The predicted octanol–water partition coefficient (Wildman–Crippen LogP) is 3.09. The van der Waals surface area contributed by atoms with Gasteiger partial charge in [0.25, 0.3) is 0 Å². The Hall–Kier alpha value is -1.62. The Morgan fingerprint density at radius 2 is 2.18 bits per heavy atom. The van der Waals surface area contributed by atoms with Crippen molar-refractivity contribution in [3.05, 3.63) is 39.6 Å². The van der Waals surface area contributed by atoms with Gasteiger partial charge in [0.05, 0.1) is 29.1 Å². The summed E-state index contributed by atoms with van der Waals surface area (Å²) in [7, 11) is 0. The van der Waals surface area contributed by atoms with Crippen molar-refractivity contribution in [1.29, 1.82) is 0 Å². The van der Waals surface area contributed by atoms with E-state index in [-0.39, 0.29) is 5.82 Å². The van der Waals surface area contributed by atoms with E-state index in [1.807, 2.05) is 12.4 Å². The second kappa shape index (κ2) is 4.71. The first kappa shape index (κ1) is 11.9. The van der Waals surface area contributed by atoms with Crippen LogP contribution in [0.1, 0.15) is 16.1 Å². The zero-order valence-electron chi connectivity index (χ0n) is 9.75. The molecule has 0 fully saturated rings. The molecule has 0 atom stereocenters. The second-order valence-corrected chi connectivity index (χ2v) is 4.84. The summed E-state index contributed by atoms with van der Waals surface area (Å²) in [4.78, 5) is 5.33. The molecule has 0 amide bonds. The molecule has 17 heavy (non-hydrogen) atoms. The number of nitrogens with zero attached hydrogens (tertiary/aromatic N) is 1. The molecule has 1 aromatic heterocycles. The van der Waals surface area contributed by atoms with Gasteiger partial charge in [-0.25, -0.2) is 9.37 Å². The summed E-state index contributed by atoms with van der Waals surface area (Å²) in [5.41, 5.74) is 10.4. The van der Waals surface area contributed by atoms with Crippen LogP contribution in [0.15, 0.2) is 17.6 Å². The van der Waals surface area contributed by atoms with Crippen LogP contribution in [0, 0.1) is 19.7 Å². The van der Waals surface area contributed by atoms with Gasteiger partial charge in [0.1, 0.15) is 5.82 Å². The molecular weight excluding hydrogens is 237 g/mol. The molecule has 3 N–H and O–H groups in total. The molecule has 0 aliphatic rings. The van der Waals surface area contributed by atoms with Crippen LogP contribution in [-0.2, 0) is 6.54 Å². The fourth-order valence-electron chi connectivity index (χ4n) is 1.52. The van der Waals surface area contributed by atoms with Crippen molar-refractivity contribution in [3.63, 3.8) is 0 Å². The van der Waals surface area contributed by atoms with Crippen LogP contribution in [-0.4, -0.2) is 4.98 Å². The number of benzene rings is 1. The molecule has 0 radical (unpaired) electrons. The molecule has 90 valence electrons. The Morgan fingerprint density at radius 3 is 2.82 bits per heavy atom. The maximum absolute atomic E-state index is 13.2. The predicted molar refractivity (Wildman–Crippen MR) is 69.7 cm³/mol. The van der Waals surface area contributed by atoms with Crippen LogP contribution in [0.3, 0.4) is 0 Å². The average Bonchev–Trinajstić information content (AvgIpc) is 2.68. The number of nitrogens with two attached hydrogens (primary N) is 1. The summed E-state index contributed by atoms with van der Waals surface area (Å²) >= 11 is 1.59. The third-order valence-corrected chi connectivity index (χ3v) is 3.55. The summed E-state index contributed by atoms with van der Waals surface area (Å²) < 4.78 is 13.2. The third-order valence-electron chi connectivity index (χ3n) is 2.62. The lowest BCUT2D eigenvalue weighted by Gasteiger charge is -2.10. The number of aromatic nitrogens is 1. The molecule has 0 saturated heterocycles. The summed E-state index contributed by atoms with van der Waals surface area (Å²) in [6.07, 6.45) is 0. The van der Waals surface area contributed by atoms with Crippen LogP contribution in [0.25, 0.3) is 0 Å². The van der Waals surface area contributed by atoms with Gasteiger partial charge in [0.2, 0.25) is 0 Å². The smallest absolute Gasteiger partial charge is 0.128 e. The SMILES string of the molecule is Cc1cc(NCc2scnc2C)c(N)cc1F. The lowest BCUT2D eigenvalue weighted by Crippen LogP contribution is -2.03. The van der Waals surface area contributed by atoms with Gasteiger partial charge in [-0.3, -0.25) is 0 Å². The minimum atomic E-state index is -0.276. The van der Waals surface area contributed by atoms with Crippen molar-refractivity contribution in [2.45, 2.75) is 20.4 Å². The lowest BCUT2D eigenvalue weighted by molar-refractivity contribution is 0.619. The van der Waals surface area contributed by atoms with E-state index in [1.54, 1.807) is 24.3 Å². The first-order valence-corrected chi connectivity index (χ1v) is 6.14. The normalized spacial score (nSPS) is 10.5. The third kappa shape index (κ3) is 2.55. The highest BCUT2D eigenvalue weighted by Gasteiger charge is 2.06. The number of rotatable bonds is 3. The van der Waals surface area contributed by atoms with E-state index in [4.69, 9.17) is 5.73 Å². The number of anilines is 2. The zero-order chi connectivity index (χ0) is 12.4. The highest BCUT2D eigenvalue weighted by molar-refractivity contribution is 7.09. The molecule has 1 heterocycles. The van der Waals surface area contributed by atoms with Crippen molar-refractivity contribution in [2.75, 3.05) is 11.1 Å². The van der Waals surface area contributed by atoms with E-state index >= 15 is 0 Å². The van der Waals surface area contributed by atoms with Gasteiger partial charge in [-0.1, -0.05) is 0 Å². The van der Waals surface area contributed by atoms with E-state index in [9.17, 15) is 4.39 Å². The Balaban J connectivity index is 2.14. The van der Waals surface area contributed by atoms with Crippen molar-refractivity contribution in [3.8, 4) is 0 Å². The monoisotopic (exact) mass is 251 g/mol. The van der Waals surface area contributed by atoms with Gasteiger partial charge in [-0.15, -0.1) is 11.3 Å². The Kier molecular flexibility index (Phi) is 3.28. The van der Waals surface area contributed by atoms with E-state index in [0.717, 1.165) is 16.3 Å². The van der Waals surface area contributed by atoms with Crippen LogP contribution in [0.2, 0.25) is 0 Å². The molecule has 0 aliphatic carbocycles. The molecule has 3 nitrogen and oxygen atoms in total. The van der Waals surface area contributed by atoms with Crippen LogP contribution in [0.5, 0.6) is 0 Å². The quantitative estimate of drug-likeness (QED) is 0.824. The number of nitrogen functional groups attached to an aromatic ring is 1. The second-order valence-electron chi connectivity index (χ2n) is 3.90. The largest absolute Gasteiger partial charge is 0.397 e. The molecule has 0 spiro atoms. The molecule has 2 rings (SSSR count). The van der Waals surface area contributed by atoms with Crippen molar-refractivity contribution in [1.82, 2.24) is 4.98 Å². The highest BCUT2D eigenvalue weighted by atomic mass is 32.1. The van der Waals surface area contributed by atoms with Crippen LogP contribution >= 0.6 is 11.3 Å². The van der Waals surface area contributed by atoms with Gasteiger partial charge in [0, 0.05) is 4.88 Å². The Labute approximate surface area is 103 Å². The lowest BCUT2D eigenvalue weighted by atomic mass is 10.2. The molecule has 0 bridgehead atoms. The van der Waals surface area contributed by atoms with Gasteiger partial charge < -0.3 is 11.1 Å². The number of thiazole rings is 1. The van der Waals surface area contributed by atoms with E-state index in [0.29, 0.717) is 17.8 Å². The molecule has 1 aromatic carbocycles. The molecule has 0 saturated carbocycles. The van der Waals surface area contributed by atoms with Gasteiger partial charge in [-0.05, 0) is 31.5 Å². The van der Waals surface area contributed by atoms with E-state index < -0.39 is 0 Å². The minimum absolute atomic E-state index is 0.276. The minimum Gasteiger partial charge on any atom is -0.397 e. The fourth-order valence-corrected chi connectivity index (χ4v) is 2.24. The van der Waals surface area contributed by atoms with E-state index in [2.05, 4.69) is 10.3 Å². The number of hydrogen-bond donors (Lipinski definition) is 2. The molecule has 5 heteroatoms. The highest BCUT2D eigenvalue weighted by Crippen LogP contribution is 2.24. The summed E-state index contributed by atoms with van der Waals surface area (Å²) in [5, 5.41) is 3.20. The Morgan fingerprint density at radius 1 is 1.41 bits per heavy atom. The number of nitrogens with one attached hydrogen (secondary N) is 1. The summed E-state index contributed by atoms with van der Waals surface area (Å²) in [5.74, 6) is -0.276. The number of aryl methyl sites for hydroxylation is 2. The topological polar surface area (TPSA) is 50.9 Å². The van der Waals surface area contributed by atoms with Gasteiger partial charge >= 0.3 is 0 Å². The zero-order valence-corrected chi connectivity index (χ0v) is 10.6. The Bertz CT molecular complexity index is 537. The molecule has 0 unspecified atom stereocenters. The number of hydrogen-bond acceptors (Lipinski definition) is 4. The van der Waals surface area contributed by atoms with Crippen molar-refractivity contribution in [2.24, 2.45) is 0 Å². The first-order valence-electron chi connectivity index (χ1n) is 5.26. The number of halogens is 1. The summed E-state index contributed by atoms with van der Waals surface area (Å²) in [6, 6.07) is 3.07. The first-order chi connectivity index (χ1) is 8.08. The summed E-state index contributed by atoms with van der Waals surface area (Å²) in [6.45, 7) is 4.34. The van der Waals surface area contributed by atoms with Crippen molar-refractivity contribution >= 4 is 22.7 Å². The molecule has 2 aromatic rings. The molecular formula is C12H14FN3S. The van der Waals surface area contributed by atoms with Crippen LogP contribution < -0.4 is 11.1 Å². The maximum atomic E-state index is 13.2. The maximum Gasteiger partial charge on any atom is 0.128 e. The van der Waals surface area contributed by atoms with E-state index in [1.165, 1.54) is 6.07 Å². The fraction of sp³-hybridized carbons (Fsp3) is 0.250. The standard InChI is InChI=1S/C12H14FN3S/c1-7-3-11(10(14)4-9(7)13)15-5-12-8(2)16-6-17-12/h3-4,6,15H,5,14H2,1-2H3.